The summed E-state index contributed by atoms with van der Waals surface area (Å²) in [5.41, 5.74) is 1.34. The zero-order chi connectivity index (χ0) is 15.2. The highest BCUT2D eigenvalue weighted by Gasteiger charge is 2.19. The molecule has 0 fully saturated rings. The fraction of sp³-hybridized carbons (Fsp3) is 0.214. The van der Waals surface area contributed by atoms with Crippen LogP contribution in [0.4, 0.5) is 0 Å². The van der Waals surface area contributed by atoms with E-state index < -0.39 is 5.97 Å². The lowest BCUT2D eigenvalue weighted by molar-refractivity contribution is 0.0520. The molecule has 0 atom stereocenters. The number of halogens is 1. The van der Waals surface area contributed by atoms with Gasteiger partial charge in [0.05, 0.1) is 10.2 Å². The lowest BCUT2D eigenvalue weighted by Crippen LogP contribution is -2.06. The highest BCUT2D eigenvalue weighted by molar-refractivity contribution is 14.1. The van der Waals surface area contributed by atoms with Gasteiger partial charge in [-0.2, -0.15) is 10.3 Å². The van der Waals surface area contributed by atoms with E-state index in [9.17, 15) is 4.79 Å². The second-order valence-electron chi connectivity index (χ2n) is 3.88. The van der Waals surface area contributed by atoms with Gasteiger partial charge in [-0.1, -0.05) is 5.92 Å². The normalized spacial score (nSPS) is 9.95. The zero-order valence-electron chi connectivity index (χ0n) is 11.2. The summed E-state index contributed by atoms with van der Waals surface area (Å²) in [6, 6.07) is 5.40. The van der Waals surface area contributed by atoms with E-state index in [1.807, 2.05) is 6.07 Å². The number of nitrogens with zero attached hydrogens (tertiary/aromatic N) is 2. The monoisotopic (exact) mass is 397 g/mol. The number of esters is 1. The second-order valence-corrected chi connectivity index (χ2v) is 5.04. The SMILES string of the molecule is C#CCOc1ccc(-c2n[nH]nc2C(=O)OCC)cc1I. The standard InChI is InChI=1S/C14H12IN3O3/c1-3-7-21-11-6-5-9(8-10(11)15)12-13(17-18-16-12)14(19)20-4-2/h1,5-6,8H,4,7H2,2H3,(H,16,17,18). The molecule has 0 unspecified atom stereocenters. The van der Waals surface area contributed by atoms with Crippen molar-refractivity contribution in [1.29, 1.82) is 0 Å². The molecule has 0 aliphatic heterocycles. The maximum Gasteiger partial charge on any atom is 0.361 e. The summed E-state index contributed by atoms with van der Waals surface area (Å²) >= 11 is 2.13. The molecule has 21 heavy (non-hydrogen) atoms. The van der Waals surface area contributed by atoms with Gasteiger partial charge < -0.3 is 9.47 Å². The van der Waals surface area contributed by atoms with Crippen LogP contribution in [0.15, 0.2) is 18.2 Å². The van der Waals surface area contributed by atoms with Crippen LogP contribution >= 0.6 is 22.6 Å². The van der Waals surface area contributed by atoms with Gasteiger partial charge in [0.2, 0.25) is 0 Å². The summed E-state index contributed by atoms with van der Waals surface area (Å²) < 4.78 is 11.2. The van der Waals surface area contributed by atoms with Gasteiger partial charge in [-0.25, -0.2) is 4.79 Å². The first-order valence-corrected chi connectivity index (χ1v) is 7.19. The Labute approximate surface area is 135 Å². The summed E-state index contributed by atoms with van der Waals surface area (Å²) in [6.07, 6.45) is 5.16. The maximum atomic E-state index is 11.8. The fourth-order valence-electron chi connectivity index (χ4n) is 1.66. The van der Waals surface area contributed by atoms with E-state index in [0.29, 0.717) is 11.4 Å². The number of nitrogens with one attached hydrogen (secondary N) is 1. The third kappa shape index (κ3) is 3.52. The molecule has 0 aliphatic rings. The Morgan fingerprint density at radius 3 is 2.95 bits per heavy atom. The average molecular weight is 397 g/mol. The molecule has 2 aromatic rings. The number of benzene rings is 1. The summed E-state index contributed by atoms with van der Waals surface area (Å²) in [6.45, 7) is 2.22. The van der Waals surface area contributed by atoms with Gasteiger partial charge in [-0.3, -0.25) is 0 Å². The van der Waals surface area contributed by atoms with Gasteiger partial charge in [0.15, 0.2) is 5.69 Å². The maximum absolute atomic E-state index is 11.8. The minimum atomic E-state index is -0.510. The van der Waals surface area contributed by atoms with Gasteiger partial charge in [-0.05, 0) is 47.7 Å². The van der Waals surface area contributed by atoms with E-state index >= 15 is 0 Å². The molecule has 0 saturated heterocycles. The van der Waals surface area contributed by atoms with Crippen LogP contribution in [0.3, 0.4) is 0 Å². The molecule has 0 saturated carbocycles. The van der Waals surface area contributed by atoms with Crippen molar-refractivity contribution in [2.45, 2.75) is 6.92 Å². The van der Waals surface area contributed by atoms with Crippen LogP contribution < -0.4 is 4.74 Å². The summed E-state index contributed by atoms with van der Waals surface area (Å²) in [5.74, 6) is 2.58. The molecule has 108 valence electrons. The quantitative estimate of drug-likeness (QED) is 0.476. The predicted molar refractivity (Wildman–Crippen MR) is 84.8 cm³/mol. The van der Waals surface area contributed by atoms with Gasteiger partial charge in [0, 0.05) is 5.56 Å². The fourth-order valence-corrected chi connectivity index (χ4v) is 2.33. The van der Waals surface area contributed by atoms with Crippen molar-refractivity contribution in [3.8, 4) is 29.4 Å². The lowest BCUT2D eigenvalue weighted by Gasteiger charge is -2.07. The van der Waals surface area contributed by atoms with Crippen LogP contribution in [0.2, 0.25) is 0 Å². The number of rotatable bonds is 5. The number of aromatic amines is 1. The number of H-pyrrole nitrogens is 1. The Kier molecular flexibility index (Phi) is 5.16. The number of hydrogen-bond acceptors (Lipinski definition) is 5. The van der Waals surface area contributed by atoms with E-state index in [-0.39, 0.29) is 18.9 Å². The van der Waals surface area contributed by atoms with E-state index in [1.165, 1.54) is 0 Å². The number of ether oxygens (including phenoxy) is 2. The third-order valence-corrected chi connectivity index (χ3v) is 3.38. The second kappa shape index (κ2) is 7.08. The number of terminal acetylenes is 1. The molecular formula is C14H12IN3O3. The molecule has 1 aromatic heterocycles. The number of hydrogen-bond donors (Lipinski definition) is 1. The highest BCUT2D eigenvalue weighted by Crippen LogP contribution is 2.28. The lowest BCUT2D eigenvalue weighted by atomic mass is 10.1. The summed E-state index contributed by atoms with van der Waals surface area (Å²) in [7, 11) is 0. The van der Waals surface area contributed by atoms with Gasteiger partial charge in [-0.15, -0.1) is 11.5 Å². The molecule has 2 rings (SSSR count). The highest BCUT2D eigenvalue weighted by atomic mass is 127. The van der Waals surface area contributed by atoms with E-state index in [4.69, 9.17) is 15.9 Å². The summed E-state index contributed by atoms with van der Waals surface area (Å²) in [4.78, 5) is 11.8. The van der Waals surface area contributed by atoms with Crippen molar-refractivity contribution in [1.82, 2.24) is 15.4 Å². The van der Waals surface area contributed by atoms with Crippen LogP contribution in [-0.4, -0.2) is 34.6 Å². The number of carbonyl (C=O) groups excluding carboxylic acids is 1. The minimum absolute atomic E-state index is 0.157. The van der Waals surface area contributed by atoms with Crippen molar-refractivity contribution in [2.24, 2.45) is 0 Å². The first-order chi connectivity index (χ1) is 10.2. The topological polar surface area (TPSA) is 77.1 Å². The van der Waals surface area contributed by atoms with Crippen molar-refractivity contribution >= 4 is 28.6 Å². The molecular weight excluding hydrogens is 385 g/mol. The van der Waals surface area contributed by atoms with Crippen molar-refractivity contribution in [3.05, 3.63) is 27.5 Å². The Bertz CT molecular complexity index is 691. The number of aromatic nitrogens is 3. The minimum Gasteiger partial charge on any atom is -0.480 e. The van der Waals surface area contributed by atoms with E-state index in [0.717, 1.165) is 9.13 Å². The average Bonchev–Trinajstić information content (AvgIpc) is 2.95. The molecule has 0 radical (unpaired) electrons. The first kappa shape index (κ1) is 15.3. The molecule has 7 heteroatoms. The molecule has 1 heterocycles. The van der Waals surface area contributed by atoms with Crippen LogP contribution in [0.1, 0.15) is 17.4 Å². The van der Waals surface area contributed by atoms with Gasteiger partial charge in [0.25, 0.3) is 0 Å². The van der Waals surface area contributed by atoms with Crippen molar-refractivity contribution in [2.75, 3.05) is 13.2 Å². The van der Waals surface area contributed by atoms with Crippen LogP contribution in [0.5, 0.6) is 5.75 Å². The molecule has 0 bridgehead atoms. The van der Waals surface area contributed by atoms with Crippen molar-refractivity contribution < 1.29 is 14.3 Å². The predicted octanol–water partition coefficient (Wildman–Crippen LogP) is 2.27. The zero-order valence-corrected chi connectivity index (χ0v) is 13.4. The molecule has 1 N–H and O–H groups in total. The van der Waals surface area contributed by atoms with Crippen molar-refractivity contribution in [3.63, 3.8) is 0 Å². The van der Waals surface area contributed by atoms with E-state index in [1.54, 1.807) is 19.1 Å². The van der Waals surface area contributed by atoms with Crippen LogP contribution in [0, 0.1) is 15.9 Å². The third-order valence-electron chi connectivity index (χ3n) is 2.53. The summed E-state index contributed by atoms with van der Waals surface area (Å²) in [5, 5.41) is 10.3. The Morgan fingerprint density at radius 2 is 2.29 bits per heavy atom. The molecule has 0 aliphatic carbocycles. The van der Waals surface area contributed by atoms with Crippen LogP contribution in [-0.2, 0) is 4.74 Å². The molecule has 6 nitrogen and oxygen atoms in total. The molecule has 0 spiro atoms. The number of carbonyl (C=O) groups is 1. The molecule has 1 aromatic carbocycles. The Hall–Kier alpha value is -2.08. The Morgan fingerprint density at radius 1 is 1.48 bits per heavy atom. The smallest absolute Gasteiger partial charge is 0.361 e. The first-order valence-electron chi connectivity index (χ1n) is 6.11. The largest absolute Gasteiger partial charge is 0.480 e. The molecule has 0 amide bonds. The van der Waals surface area contributed by atoms with Gasteiger partial charge >= 0.3 is 5.97 Å². The van der Waals surface area contributed by atoms with E-state index in [2.05, 4.69) is 43.9 Å². The Balaban J connectivity index is 2.31. The van der Waals surface area contributed by atoms with Crippen LogP contribution in [0.25, 0.3) is 11.3 Å². The van der Waals surface area contributed by atoms with Gasteiger partial charge in [0.1, 0.15) is 18.1 Å².